The van der Waals surface area contributed by atoms with E-state index < -0.39 is 0 Å². The van der Waals surface area contributed by atoms with Crippen molar-refractivity contribution in [1.29, 1.82) is 0 Å². The van der Waals surface area contributed by atoms with E-state index in [1.165, 1.54) is 11.1 Å². The highest BCUT2D eigenvalue weighted by Gasteiger charge is 2.24. The first kappa shape index (κ1) is 20.4. The summed E-state index contributed by atoms with van der Waals surface area (Å²) in [7, 11) is 0. The number of aryl methyl sites for hydroxylation is 2. The Morgan fingerprint density at radius 3 is 2.81 bits per heavy atom. The molecule has 1 aromatic carbocycles. The molecule has 1 aliphatic rings. The number of piperazine rings is 1. The molecule has 2 heterocycles. The molecule has 0 spiro atoms. The predicted molar refractivity (Wildman–Crippen MR) is 105 cm³/mol. The van der Waals surface area contributed by atoms with Gasteiger partial charge in [0.05, 0.1) is 0 Å². The lowest BCUT2D eigenvalue weighted by Gasteiger charge is -2.36. The predicted octanol–water partition coefficient (Wildman–Crippen LogP) is 2.94. The first-order chi connectivity index (χ1) is 12.2. The van der Waals surface area contributed by atoms with Gasteiger partial charge < -0.3 is 15.2 Å². The van der Waals surface area contributed by atoms with Crippen molar-refractivity contribution in [3.05, 3.63) is 47.2 Å². The van der Waals surface area contributed by atoms with Crippen LogP contribution in [-0.4, -0.2) is 42.1 Å². The molecule has 6 nitrogen and oxygen atoms in total. The molecule has 142 valence electrons. The van der Waals surface area contributed by atoms with E-state index in [4.69, 9.17) is 4.52 Å². The van der Waals surface area contributed by atoms with E-state index in [2.05, 4.69) is 51.9 Å². The third-order valence-electron chi connectivity index (χ3n) is 4.65. The highest BCUT2D eigenvalue weighted by atomic mass is 35.5. The third-order valence-corrected chi connectivity index (χ3v) is 4.65. The number of rotatable bonds is 6. The summed E-state index contributed by atoms with van der Waals surface area (Å²) in [6.45, 7) is 7.50. The van der Waals surface area contributed by atoms with E-state index in [-0.39, 0.29) is 18.3 Å². The Morgan fingerprint density at radius 1 is 1.38 bits per heavy atom. The van der Waals surface area contributed by atoms with Gasteiger partial charge in [0, 0.05) is 44.7 Å². The van der Waals surface area contributed by atoms with Crippen LogP contribution in [0.25, 0.3) is 0 Å². The van der Waals surface area contributed by atoms with Gasteiger partial charge in [-0.3, -0.25) is 9.69 Å². The summed E-state index contributed by atoms with van der Waals surface area (Å²) in [6, 6.07) is 10.8. The van der Waals surface area contributed by atoms with E-state index in [9.17, 15) is 4.79 Å². The second kappa shape index (κ2) is 9.71. The summed E-state index contributed by atoms with van der Waals surface area (Å²) in [6.07, 6.45) is 1.49. The standard InChI is InChI=1S/C19H26N4O2.ClH/c1-3-15-4-6-16(7-5-15)17-13-20-9-11-23(17)10-8-19(24)21-18-12-14(2)25-22-18;/h4-7,12,17,20H,3,8-11,13H2,1-2H3,(H,21,22,24);1H. The van der Waals surface area contributed by atoms with Crippen molar-refractivity contribution in [2.24, 2.45) is 0 Å². The summed E-state index contributed by atoms with van der Waals surface area (Å²) in [5.41, 5.74) is 2.65. The van der Waals surface area contributed by atoms with Gasteiger partial charge in [-0.2, -0.15) is 0 Å². The molecule has 1 aromatic heterocycles. The molecule has 1 saturated heterocycles. The SMILES string of the molecule is CCc1ccc(C2CNCCN2CCC(=O)Nc2cc(C)on2)cc1.Cl. The minimum absolute atomic E-state index is 0. The molecule has 1 amide bonds. The number of nitrogens with zero attached hydrogens (tertiary/aromatic N) is 2. The summed E-state index contributed by atoms with van der Waals surface area (Å²) >= 11 is 0. The van der Waals surface area contributed by atoms with Crippen molar-refractivity contribution in [2.45, 2.75) is 32.7 Å². The lowest BCUT2D eigenvalue weighted by Crippen LogP contribution is -2.46. The number of carbonyl (C=O) groups excluding carboxylic acids is 1. The van der Waals surface area contributed by atoms with Gasteiger partial charge in [0.2, 0.25) is 5.91 Å². The molecular formula is C19H27ClN4O2. The van der Waals surface area contributed by atoms with E-state index in [0.29, 0.717) is 24.0 Å². The number of amides is 1. The van der Waals surface area contributed by atoms with Gasteiger partial charge in [-0.25, -0.2) is 0 Å². The van der Waals surface area contributed by atoms with Crippen molar-refractivity contribution in [3.63, 3.8) is 0 Å². The summed E-state index contributed by atoms with van der Waals surface area (Å²) in [5.74, 6) is 1.13. The Bertz CT molecular complexity index is 702. The minimum Gasteiger partial charge on any atom is -0.360 e. The van der Waals surface area contributed by atoms with Gasteiger partial charge >= 0.3 is 0 Å². The highest BCUT2D eigenvalue weighted by Crippen LogP contribution is 2.23. The lowest BCUT2D eigenvalue weighted by atomic mass is 10.0. The van der Waals surface area contributed by atoms with Crippen LogP contribution in [0.2, 0.25) is 0 Å². The normalized spacial score (nSPS) is 17.5. The maximum absolute atomic E-state index is 12.2. The molecule has 0 saturated carbocycles. The second-order valence-electron chi connectivity index (χ2n) is 6.47. The van der Waals surface area contributed by atoms with Crippen LogP contribution in [0.4, 0.5) is 5.82 Å². The lowest BCUT2D eigenvalue weighted by molar-refractivity contribution is -0.116. The van der Waals surface area contributed by atoms with Crippen molar-refractivity contribution in [3.8, 4) is 0 Å². The zero-order valence-electron chi connectivity index (χ0n) is 15.3. The fourth-order valence-electron chi connectivity index (χ4n) is 3.19. The fraction of sp³-hybridized carbons (Fsp3) is 0.474. The quantitative estimate of drug-likeness (QED) is 0.808. The van der Waals surface area contributed by atoms with Crippen LogP contribution in [-0.2, 0) is 11.2 Å². The molecule has 26 heavy (non-hydrogen) atoms. The molecule has 1 fully saturated rings. The van der Waals surface area contributed by atoms with Crippen LogP contribution >= 0.6 is 12.4 Å². The summed E-state index contributed by atoms with van der Waals surface area (Å²) < 4.78 is 4.97. The average molecular weight is 379 g/mol. The molecule has 2 N–H and O–H groups in total. The zero-order valence-corrected chi connectivity index (χ0v) is 16.1. The number of hydrogen-bond acceptors (Lipinski definition) is 5. The molecule has 1 unspecified atom stereocenters. The van der Waals surface area contributed by atoms with E-state index >= 15 is 0 Å². The van der Waals surface area contributed by atoms with Crippen LogP contribution in [0, 0.1) is 6.92 Å². The van der Waals surface area contributed by atoms with Crippen molar-refractivity contribution >= 4 is 24.1 Å². The summed E-state index contributed by atoms with van der Waals surface area (Å²) in [4.78, 5) is 14.5. The molecule has 0 aliphatic carbocycles. The largest absolute Gasteiger partial charge is 0.360 e. The van der Waals surface area contributed by atoms with E-state index in [0.717, 1.165) is 32.6 Å². The van der Waals surface area contributed by atoms with Crippen molar-refractivity contribution in [1.82, 2.24) is 15.4 Å². The fourth-order valence-corrected chi connectivity index (χ4v) is 3.19. The Kier molecular flexibility index (Phi) is 7.63. The Morgan fingerprint density at radius 2 is 2.15 bits per heavy atom. The van der Waals surface area contributed by atoms with Crippen molar-refractivity contribution in [2.75, 3.05) is 31.5 Å². The third kappa shape index (κ3) is 5.30. The minimum atomic E-state index is -0.0353. The molecule has 0 bridgehead atoms. The molecule has 3 rings (SSSR count). The Balaban J connectivity index is 0.00000243. The Hall–Kier alpha value is -1.89. The number of hydrogen-bond donors (Lipinski definition) is 2. The number of benzene rings is 1. The second-order valence-corrected chi connectivity index (χ2v) is 6.47. The van der Waals surface area contributed by atoms with Gasteiger partial charge in [-0.1, -0.05) is 36.3 Å². The van der Waals surface area contributed by atoms with Crippen molar-refractivity contribution < 1.29 is 9.32 Å². The first-order valence-corrected chi connectivity index (χ1v) is 8.92. The molecule has 0 radical (unpaired) electrons. The Labute approximate surface area is 160 Å². The highest BCUT2D eigenvalue weighted by molar-refractivity contribution is 5.89. The van der Waals surface area contributed by atoms with Crippen LogP contribution < -0.4 is 10.6 Å². The van der Waals surface area contributed by atoms with Crippen LogP contribution in [0.5, 0.6) is 0 Å². The van der Waals surface area contributed by atoms with Gasteiger partial charge in [-0.05, 0) is 24.5 Å². The van der Waals surface area contributed by atoms with E-state index in [1.54, 1.807) is 13.0 Å². The number of anilines is 1. The first-order valence-electron chi connectivity index (χ1n) is 8.92. The molecule has 1 atom stereocenters. The van der Waals surface area contributed by atoms with Gasteiger partial charge in [0.15, 0.2) is 5.82 Å². The van der Waals surface area contributed by atoms with Crippen LogP contribution in [0.3, 0.4) is 0 Å². The van der Waals surface area contributed by atoms with Gasteiger partial charge in [-0.15, -0.1) is 12.4 Å². The zero-order chi connectivity index (χ0) is 17.6. The van der Waals surface area contributed by atoms with Crippen LogP contribution in [0.15, 0.2) is 34.9 Å². The molecule has 7 heteroatoms. The number of halogens is 1. The van der Waals surface area contributed by atoms with Gasteiger partial charge in [0.1, 0.15) is 5.76 Å². The van der Waals surface area contributed by atoms with E-state index in [1.807, 2.05) is 0 Å². The average Bonchev–Trinajstić information content (AvgIpc) is 3.05. The summed E-state index contributed by atoms with van der Waals surface area (Å²) in [5, 5.41) is 10.0. The topological polar surface area (TPSA) is 70.4 Å². The van der Waals surface area contributed by atoms with Gasteiger partial charge in [0.25, 0.3) is 0 Å². The number of nitrogens with one attached hydrogen (secondary N) is 2. The maximum Gasteiger partial charge on any atom is 0.226 e. The van der Waals surface area contributed by atoms with Crippen LogP contribution in [0.1, 0.15) is 36.3 Å². The monoisotopic (exact) mass is 378 g/mol. The number of aromatic nitrogens is 1. The molecule has 1 aliphatic heterocycles. The maximum atomic E-state index is 12.2. The molecule has 2 aromatic rings. The smallest absolute Gasteiger partial charge is 0.226 e. The molecular weight excluding hydrogens is 352 g/mol. The number of carbonyl (C=O) groups is 1.